The van der Waals surface area contributed by atoms with Gasteiger partial charge in [0.1, 0.15) is 5.82 Å². The average molecular weight is 457 g/mol. The molecule has 3 aromatic carbocycles. The number of aromatic amines is 1. The lowest BCUT2D eigenvalue weighted by atomic mass is 10.1. The highest BCUT2D eigenvalue weighted by Gasteiger charge is 2.17. The number of nitrogens with one attached hydrogen (secondary N) is 1. The fraction of sp³-hybridized carbons (Fsp3) is 0.0870. The zero-order chi connectivity index (χ0) is 22.2. The molecule has 0 aliphatic carbocycles. The third kappa shape index (κ3) is 4.33. The number of benzene rings is 3. The van der Waals surface area contributed by atoms with Crippen LogP contribution >= 0.6 is 11.6 Å². The largest absolute Gasteiger partial charge is 0.494 e. The summed E-state index contributed by atoms with van der Waals surface area (Å²) in [5.74, 6) is 0.113. The van der Waals surface area contributed by atoms with Gasteiger partial charge in [-0.3, -0.25) is 0 Å². The second-order valence-electron chi connectivity index (χ2n) is 6.96. The van der Waals surface area contributed by atoms with Crippen molar-refractivity contribution >= 4 is 21.4 Å². The minimum absolute atomic E-state index is 0.143. The number of halogens is 2. The SMILES string of the molecule is COc1ccc(-c2nc(-c3ccc(Cl)cc3)c(-c3ccc(S(C)(=O)=O)cc3)[nH]2)cc1F. The number of aromatic nitrogens is 2. The number of hydrogen-bond acceptors (Lipinski definition) is 4. The van der Waals surface area contributed by atoms with Crippen LogP contribution in [0, 0.1) is 5.82 Å². The van der Waals surface area contributed by atoms with E-state index in [9.17, 15) is 12.8 Å². The molecule has 8 heteroatoms. The maximum Gasteiger partial charge on any atom is 0.175 e. The van der Waals surface area contributed by atoms with Crippen molar-refractivity contribution in [3.63, 3.8) is 0 Å². The molecule has 0 aliphatic rings. The Morgan fingerprint density at radius 2 is 1.55 bits per heavy atom. The maximum absolute atomic E-state index is 14.3. The third-order valence-electron chi connectivity index (χ3n) is 4.82. The lowest BCUT2D eigenvalue weighted by Crippen LogP contribution is -1.96. The molecule has 0 spiro atoms. The van der Waals surface area contributed by atoms with Gasteiger partial charge in [-0.25, -0.2) is 17.8 Å². The van der Waals surface area contributed by atoms with Gasteiger partial charge in [-0.2, -0.15) is 0 Å². The first-order valence-electron chi connectivity index (χ1n) is 9.26. The summed E-state index contributed by atoms with van der Waals surface area (Å²) >= 11 is 6.02. The van der Waals surface area contributed by atoms with Gasteiger partial charge in [0.25, 0.3) is 0 Å². The number of nitrogens with zero attached hydrogens (tertiary/aromatic N) is 1. The summed E-state index contributed by atoms with van der Waals surface area (Å²) in [7, 11) is -1.91. The van der Waals surface area contributed by atoms with E-state index in [0.29, 0.717) is 27.8 Å². The van der Waals surface area contributed by atoms with Crippen LogP contribution in [0.5, 0.6) is 5.75 Å². The second kappa shape index (κ2) is 8.17. The summed E-state index contributed by atoms with van der Waals surface area (Å²) in [6, 6.07) is 18.3. The van der Waals surface area contributed by atoms with Gasteiger partial charge in [0.05, 0.1) is 23.4 Å². The van der Waals surface area contributed by atoms with Crippen molar-refractivity contribution < 1.29 is 17.5 Å². The smallest absolute Gasteiger partial charge is 0.175 e. The number of methoxy groups -OCH3 is 1. The summed E-state index contributed by atoms with van der Waals surface area (Å²) in [6.07, 6.45) is 1.16. The fourth-order valence-electron chi connectivity index (χ4n) is 3.22. The highest BCUT2D eigenvalue weighted by atomic mass is 35.5. The van der Waals surface area contributed by atoms with Gasteiger partial charge in [0.2, 0.25) is 0 Å². The van der Waals surface area contributed by atoms with E-state index in [0.717, 1.165) is 17.4 Å². The van der Waals surface area contributed by atoms with Crippen LogP contribution in [0.2, 0.25) is 5.02 Å². The molecule has 31 heavy (non-hydrogen) atoms. The third-order valence-corrected chi connectivity index (χ3v) is 6.20. The maximum atomic E-state index is 14.3. The minimum Gasteiger partial charge on any atom is -0.494 e. The topological polar surface area (TPSA) is 72.0 Å². The fourth-order valence-corrected chi connectivity index (χ4v) is 3.97. The molecule has 0 fully saturated rings. The van der Waals surface area contributed by atoms with E-state index in [1.807, 2.05) is 12.1 Å². The van der Waals surface area contributed by atoms with E-state index in [-0.39, 0.29) is 10.6 Å². The van der Waals surface area contributed by atoms with E-state index in [1.165, 1.54) is 19.2 Å². The number of ether oxygens (including phenoxy) is 1. The van der Waals surface area contributed by atoms with Gasteiger partial charge in [-0.05, 0) is 42.5 Å². The van der Waals surface area contributed by atoms with Gasteiger partial charge < -0.3 is 9.72 Å². The lowest BCUT2D eigenvalue weighted by molar-refractivity contribution is 0.386. The first-order valence-corrected chi connectivity index (χ1v) is 11.5. The van der Waals surface area contributed by atoms with Crippen LogP contribution in [0.15, 0.2) is 71.6 Å². The molecule has 4 rings (SSSR count). The first-order chi connectivity index (χ1) is 14.8. The van der Waals surface area contributed by atoms with Gasteiger partial charge >= 0.3 is 0 Å². The van der Waals surface area contributed by atoms with E-state index in [1.54, 1.807) is 42.5 Å². The first kappa shape index (κ1) is 21.1. The zero-order valence-corrected chi connectivity index (χ0v) is 18.3. The molecule has 0 atom stereocenters. The lowest BCUT2D eigenvalue weighted by Gasteiger charge is -2.05. The van der Waals surface area contributed by atoms with Crippen LogP contribution < -0.4 is 4.74 Å². The number of imidazole rings is 1. The molecule has 0 radical (unpaired) electrons. The minimum atomic E-state index is -3.31. The highest BCUT2D eigenvalue weighted by Crippen LogP contribution is 2.34. The molecule has 5 nitrogen and oxygen atoms in total. The standard InChI is InChI=1S/C23H18ClFN2O3S/c1-30-20-12-7-16(13-19(20)25)23-26-21(14-3-8-17(24)9-4-14)22(27-23)15-5-10-18(11-6-15)31(2,28)29/h3-13H,1-2H3,(H,26,27). The van der Waals surface area contributed by atoms with Crippen LogP contribution in [0.4, 0.5) is 4.39 Å². The van der Waals surface area contributed by atoms with Gasteiger partial charge in [0.15, 0.2) is 21.4 Å². The van der Waals surface area contributed by atoms with E-state index in [2.05, 4.69) is 4.98 Å². The average Bonchev–Trinajstić information content (AvgIpc) is 3.19. The van der Waals surface area contributed by atoms with Gasteiger partial charge in [0, 0.05) is 28.0 Å². The summed E-state index contributed by atoms with van der Waals surface area (Å²) < 4.78 is 42.8. The highest BCUT2D eigenvalue weighted by molar-refractivity contribution is 7.90. The monoisotopic (exact) mass is 456 g/mol. The number of rotatable bonds is 5. The summed E-state index contributed by atoms with van der Waals surface area (Å²) in [6.45, 7) is 0. The second-order valence-corrected chi connectivity index (χ2v) is 9.41. The van der Waals surface area contributed by atoms with E-state index in [4.69, 9.17) is 21.3 Å². The Morgan fingerprint density at radius 3 is 2.13 bits per heavy atom. The molecule has 0 aliphatic heterocycles. The summed E-state index contributed by atoms with van der Waals surface area (Å²) in [5, 5.41) is 0.593. The Morgan fingerprint density at radius 1 is 0.935 bits per heavy atom. The number of H-pyrrole nitrogens is 1. The molecule has 0 saturated carbocycles. The van der Waals surface area contributed by atoms with Crippen LogP contribution in [0.3, 0.4) is 0 Å². The van der Waals surface area contributed by atoms with E-state index >= 15 is 0 Å². The van der Waals surface area contributed by atoms with Crippen molar-refractivity contribution in [2.75, 3.05) is 13.4 Å². The zero-order valence-electron chi connectivity index (χ0n) is 16.7. The quantitative estimate of drug-likeness (QED) is 0.423. The predicted octanol–water partition coefficient (Wildman–Crippen LogP) is 5.62. The van der Waals surface area contributed by atoms with Crippen molar-refractivity contribution in [3.8, 4) is 39.7 Å². The van der Waals surface area contributed by atoms with Crippen molar-refractivity contribution in [2.45, 2.75) is 4.90 Å². The van der Waals surface area contributed by atoms with Crippen LogP contribution in [0.1, 0.15) is 0 Å². The molecule has 1 aromatic heterocycles. The Hall–Kier alpha value is -3.16. The van der Waals surface area contributed by atoms with Crippen LogP contribution in [-0.2, 0) is 9.84 Å². The van der Waals surface area contributed by atoms with Crippen molar-refractivity contribution in [1.29, 1.82) is 0 Å². The number of hydrogen-bond donors (Lipinski definition) is 1. The number of sulfone groups is 1. The van der Waals surface area contributed by atoms with Gasteiger partial charge in [-0.1, -0.05) is 35.9 Å². The molecule has 0 unspecified atom stereocenters. The molecule has 0 amide bonds. The molecule has 4 aromatic rings. The van der Waals surface area contributed by atoms with E-state index < -0.39 is 15.7 Å². The molecular weight excluding hydrogens is 439 g/mol. The Kier molecular flexibility index (Phi) is 5.56. The van der Waals surface area contributed by atoms with Crippen LogP contribution in [-0.4, -0.2) is 31.8 Å². The summed E-state index contributed by atoms with van der Waals surface area (Å²) in [5.41, 5.74) is 3.41. The van der Waals surface area contributed by atoms with Crippen molar-refractivity contribution in [3.05, 3.63) is 77.6 Å². The molecule has 0 saturated heterocycles. The molecule has 158 valence electrons. The Balaban J connectivity index is 1.86. The Labute approximate surface area is 184 Å². The molecule has 1 N–H and O–H groups in total. The van der Waals surface area contributed by atoms with Crippen molar-refractivity contribution in [2.24, 2.45) is 0 Å². The predicted molar refractivity (Wildman–Crippen MR) is 120 cm³/mol. The molecule has 0 bridgehead atoms. The summed E-state index contributed by atoms with van der Waals surface area (Å²) in [4.78, 5) is 8.17. The molecule has 1 heterocycles. The van der Waals surface area contributed by atoms with Crippen LogP contribution in [0.25, 0.3) is 33.9 Å². The Bertz CT molecular complexity index is 1350. The van der Waals surface area contributed by atoms with Gasteiger partial charge in [-0.15, -0.1) is 0 Å². The van der Waals surface area contributed by atoms with Crippen molar-refractivity contribution in [1.82, 2.24) is 9.97 Å². The molecular formula is C23H18ClFN2O3S. The normalized spacial score (nSPS) is 11.5.